The third kappa shape index (κ3) is 14.5. The molecule has 0 aliphatic rings. The Labute approximate surface area is 145 Å². The highest BCUT2D eigenvalue weighted by atomic mass is 32.2. The van der Waals surface area contributed by atoms with E-state index in [0.29, 0.717) is 12.8 Å². The number of methoxy groups -OCH3 is 1. The lowest BCUT2D eigenvalue weighted by Gasteiger charge is -2.24. The van der Waals surface area contributed by atoms with Gasteiger partial charge in [0.2, 0.25) is 5.91 Å². The van der Waals surface area contributed by atoms with Gasteiger partial charge in [-0.2, -0.15) is 24.4 Å². The van der Waals surface area contributed by atoms with Crippen LogP contribution in [0.5, 0.6) is 0 Å². The standard InChI is InChI=1S/C13H26N2O3S2.C2H6/c1-4-20-8-7-15(2)9-11(14-12(16)10-19)5-6-13(17)18-3;1-2/h11,19H,4-10H2,1-3H3,(H,14,16);1-2H3. The molecule has 0 aromatic rings. The van der Waals surface area contributed by atoms with Crippen LogP contribution < -0.4 is 5.32 Å². The Balaban J connectivity index is 0. The Morgan fingerprint density at radius 3 is 2.50 bits per heavy atom. The molecule has 1 amide bonds. The summed E-state index contributed by atoms with van der Waals surface area (Å²) < 4.78 is 4.63. The average molecular weight is 353 g/mol. The molecule has 0 aromatic carbocycles. The molecule has 1 atom stereocenters. The van der Waals surface area contributed by atoms with Gasteiger partial charge in [-0.3, -0.25) is 9.59 Å². The van der Waals surface area contributed by atoms with Crippen molar-refractivity contribution in [2.24, 2.45) is 0 Å². The van der Waals surface area contributed by atoms with Gasteiger partial charge in [0, 0.05) is 31.3 Å². The predicted molar refractivity (Wildman–Crippen MR) is 98.9 cm³/mol. The molecule has 22 heavy (non-hydrogen) atoms. The van der Waals surface area contributed by atoms with Crippen LogP contribution in [0.25, 0.3) is 0 Å². The van der Waals surface area contributed by atoms with E-state index in [1.807, 2.05) is 32.7 Å². The van der Waals surface area contributed by atoms with Crippen molar-refractivity contribution in [2.45, 2.75) is 39.7 Å². The van der Waals surface area contributed by atoms with Crippen LogP contribution >= 0.6 is 24.4 Å². The number of nitrogens with zero attached hydrogens (tertiary/aromatic N) is 1. The summed E-state index contributed by atoms with van der Waals surface area (Å²) in [6.07, 6.45) is 0.892. The summed E-state index contributed by atoms with van der Waals surface area (Å²) in [6.45, 7) is 7.82. The van der Waals surface area contributed by atoms with Gasteiger partial charge in [0.25, 0.3) is 0 Å². The van der Waals surface area contributed by atoms with Crippen molar-refractivity contribution in [1.82, 2.24) is 10.2 Å². The molecule has 1 N–H and O–H groups in total. The second kappa shape index (κ2) is 17.0. The highest BCUT2D eigenvalue weighted by Gasteiger charge is 2.15. The molecule has 0 aromatic heterocycles. The molecule has 0 bridgehead atoms. The van der Waals surface area contributed by atoms with Crippen LogP contribution in [0.1, 0.15) is 33.6 Å². The van der Waals surface area contributed by atoms with Gasteiger partial charge in [0.05, 0.1) is 12.9 Å². The lowest BCUT2D eigenvalue weighted by atomic mass is 10.1. The first-order chi connectivity index (χ1) is 10.5. The molecule has 0 saturated heterocycles. The van der Waals surface area contributed by atoms with Crippen molar-refractivity contribution in [1.29, 1.82) is 0 Å². The van der Waals surface area contributed by atoms with E-state index >= 15 is 0 Å². The van der Waals surface area contributed by atoms with Crippen LogP contribution in [0.4, 0.5) is 0 Å². The summed E-state index contributed by atoms with van der Waals surface area (Å²) in [7, 11) is 3.39. The second-order valence-corrected chi connectivity index (χ2v) is 6.21. The number of thioether (sulfide) groups is 1. The Bertz CT molecular complexity index is 292. The van der Waals surface area contributed by atoms with Gasteiger partial charge >= 0.3 is 5.97 Å². The molecular formula is C15H32N2O3S2. The van der Waals surface area contributed by atoms with E-state index in [0.717, 1.165) is 24.6 Å². The highest BCUT2D eigenvalue weighted by molar-refractivity contribution is 7.99. The largest absolute Gasteiger partial charge is 0.469 e. The molecule has 7 heteroatoms. The summed E-state index contributed by atoms with van der Waals surface area (Å²) in [5.41, 5.74) is 0. The number of nitrogens with one attached hydrogen (secondary N) is 1. The molecule has 0 heterocycles. The average Bonchev–Trinajstić information content (AvgIpc) is 2.54. The third-order valence-corrected chi connectivity index (χ3v) is 3.95. The van der Waals surface area contributed by atoms with Crippen LogP contribution in [0.15, 0.2) is 0 Å². The zero-order valence-electron chi connectivity index (χ0n) is 14.6. The Morgan fingerprint density at radius 2 is 2.00 bits per heavy atom. The van der Waals surface area contributed by atoms with Crippen LogP contribution in [-0.4, -0.2) is 67.3 Å². The number of hydrogen-bond donors (Lipinski definition) is 2. The number of carbonyl (C=O) groups is 2. The van der Waals surface area contributed by atoms with Crippen molar-refractivity contribution < 1.29 is 14.3 Å². The summed E-state index contributed by atoms with van der Waals surface area (Å²) in [6, 6.07) is -0.0506. The number of esters is 1. The van der Waals surface area contributed by atoms with Crippen molar-refractivity contribution in [3.8, 4) is 0 Å². The maximum Gasteiger partial charge on any atom is 0.305 e. The lowest BCUT2D eigenvalue weighted by molar-refractivity contribution is -0.141. The monoisotopic (exact) mass is 352 g/mol. The Morgan fingerprint density at radius 1 is 1.36 bits per heavy atom. The van der Waals surface area contributed by atoms with Crippen LogP contribution in [0, 0.1) is 0 Å². The van der Waals surface area contributed by atoms with Gasteiger partial charge < -0.3 is 15.0 Å². The number of hydrogen-bond acceptors (Lipinski definition) is 6. The Hall–Kier alpha value is -0.400. The summed E-state index contributed by atoms with van der Waals surface area (Å²) in [5.74, 6) is 1.97. The molecule has 1 unspecified atom stereocenters. The number of amides is 1. The minimum Gasteiger partial charge on any atom is -0.469 e. The fourth-order valence-corrected chi connectivity index (χ4v) is 2.53. The molecule has 5 nitrogen and oxygen atoms in total. The minimum atomic E-state index is -0.251. The van der Waals surface area contributed by atoms with Crippen molar-refractivity contribution in [3.05, 3.63) is 0 Å². The van der Waals surface area contributed by atoms with E-state index in [1.54, 1.807) is 0 Å². The fourth-order valence-electron chi connectivity index (χ4n) is 1.71. The Kier molecular flexibility index (Phi) is 18.4. The van der Waals surface area contributed by atoms with Gasteiger partial charge in [0.15, 0.2) is 0 Å². The minimum absolute atomic E-state index is 0.0506. The van der Waals surface area contributed by atoms with E-state index in [2.05, 4.69) is 34.5 Å². The summed E-state index contributed by atoms with van der Waals surface area (Å²) in [4.78, 5) is 24.8. The first-order valence-electron chi connectivity index (χ1n) is 7.76. The summed E-state index contributed by atoms with van der Waals surface area (Å²) in [5, 5.41) is 2.90. The molecular weight excluding hydrogens is 320 g/mol. The van der Waals surface area contributed by atoms with Crippen molar-refractivity contribution in [3.63, 3.8) is 0 Å². The van der Waals surface area contributed by atoms with Crippen LogP contribution in [0.3, 0.4) is 0 Å². The van der Waals surface area contributed by atoms with E-state index < -0.39 is 0 Å². The SMILES string of the molecule is CC.CCSCCN(C)CC(CCC(=O)OC)NC(=O)CS. The van der Waals surface area contributed by atoms with Gasteiger partial charge in [-0.25, -0.2) is 0 Å². The normalized spacial score (nSPS) is 11.4. The molecule has 0 fully saturated rings. The zero-order valence-corrected chi connectivity index (χ0v) is 16.3. The maximum atomic E-state index is 11.5. The van der Waals surface area contributed by atoms with Crippen molar-refractivity contribution in [2.75, 3.05) is 44.5 Å². The lowest BCUT2D eigenvalue weighted by Crippen LogP contribution is -2.44. The quantitative estimate of drug-likeness (QED) is 0.339. The third-order valence-electron chi connectivity index (χ3n) is 2.79. The predicted octanol–water partition coefficient (Wildman–Crippen LogP) is 2.07. The smallest absolute Gasteiger partial charge is 0.305 e. The van der Waals surface area contributed by atoms with E-state index in [4.69, 9.17) is 0 Å². The van der Waals surface area contributed by atoms with Gasteiger partial charge in [-0.1, -0.05) is 20.8 Å². The number of ether oxygens (including phenoxy) is 1. The molecule has 0 aliphatic carbocycles. The first kappa shape index (κ1) is 23.9. The van der Waals surface area contributed by atoms with Crippen LogP contribution in [-0.2, 0) is 14.3 Å². The van der Waals surface area contributed by atoms with Gasteiger partial charge in [-0.15, -0.1) is 0 Å². The van der Waals surface area contributed by atoms with E-state index in [-0.39, 0.29) is 23.7 Å². The topological polar surface area (TPSA) is 58.6 Å². The second-order valence-electron chi connectivity index (χ2n) is 4.50. The molecule has 0 rings (SSSR count). The van der Waals surface area contributed by atoms with E-state index in [9.17, 15) is 9.59 Å². The zero-order chi connectivity index (χ0) is 17.4. The number of rotatable bonds is 11. The molecule has 0 saturated carbocycles. The van der Waals surface area contributed by atoms with Gasteiger partial charge in [-0.05, 0) is 19.2 Å². The van der Waals surface area contributed by atoms with E-state index in [1.165, 1.54) is 7.11 Å². The maximum absolute atomic E-state index is 11.5. The number of carbonyl (C=O) groups excluding carboxylic acids is 2. The van der Waals surface area contributed by atoms with Gasteiger partial charge in [0.1, 0.15) is 0 Å². The highest BCUT2D eigenvalue weighted by Crippen LogP contribution is 2.04. The molecule has 0 radical (unpaired) electrons. The molecule has 0 aliphatic heterocycles. The number of likely N-dealkylation sites (N-methyl/N-ethyl adjacent to an activating group) is 1. The number of thiol groups is 1. The molecule has 0 spiro atoms. The van der Waals surface area contributed by atoms with Crippen molar-refractivity contribution >= 4 is 36.3 Å². The molecule has 132 valence electrons. The first-order valence-corrected chi connectivity index (χ1v) is 9.55. The summed E-state index contributed by atoms with van der Waals surface area (Å²) >= 11 is 5.84. The van der Waals surface area contributed by atoms with Crippen LogP contribution in [0.2, 0.25) is 0 Å². The fraction of sp³-hybridized carbons (Fsp3) is 0.867.